The molecule has 0 aliphatic carbocycles. The van der Waals surface area contributed by atoms with Crippen LogP contribution in [0.2, 0.25) is 0 Å². The Morgan fingerprint density at radius 2 is 1.35 bits per heavy atom. The molecule has 4 rings (SSSR count). The fourth-order valence-corrected chi connectivity index (χ4v) is 2.33. The molecule has 6 heteroatoms. The molecule has 0 radical (unpaired) electrons. The van der Waals surface area contributed by atoms with Gasteiger partial charge in [0.2, 0.25) is 0 Å². The van der Waals surface area contributed by atoms with E-state index >= 15 is 0 Å². The van der Waals surface area contributed by atoms with Crippen LogP contribution in [0.15, 0.2) is 73.1 Å². The zero-order chi connectivity index (χ0) is 18.8. The van der Waals surface area contributed by atoms with Crippen molar-refractivity contribution in [2.75, 3.05) is 0 Å². The Labute approximate surface area is 156 Å². The van der Waals surface area contributed by atoms with E-state index in [2.05, 4.69) is 41.2 Å². The summed E-state index contributed by atoms with van der Waals surface area (Å²) in [6, 6.07) is 19.6. The van der Waals surface area contributed by atoms with Crippen LogP contribution in [0.25, 0.3) is 21.8 Å². The maximum absolute atomic E-state index is 10.4. The molecule has 0 saturated carbocycles. The summed E-state index contributed by atoms with van der Waals surface area (Å²) in [6.07, 6.45) is 4.37. The predicted octanol–water partition coefficient (Wildman–Crippen LogP) is 3.97. The second-order valence-electron chi connectivity index (χ2n) is 5.34. The molecule has 26 heavy (non-hydrogen) atoms. The van der Waals surface area contributed by atoms with Crippen LogP contribution in [0.4, 0.5) is 0 Å². The van der Waals surface area contributed by atoms with Crippen molar-refractivity contribution < 1.29 is 12.5 Å². The summed E-state index contributed by atoms with van der Waals surface area (Å²) in [6.45, 7) is 2.08. The van der Waals surface area contributed by atoms with Gasteiger partial charge in [-0.05, 0) is 36.8 Å². The molecule has 0 bridgehead atoms. The molecule has 2 aromatic heterocycles. The Morgan fingerprint density at radius 1 is 0.808 bits per heavy atom. The van der Waals surface area contributed by atoms with Crippen LogP contribution in [0.3, 0.4) is 0 Å². The number of aryl methyl sites for hydroxylation is 1. The van der Waals surface area contributed by atoms with Crippen LogP contribution in [-0.4, -0.2) is 31.1 Å². The van der Waals surface area contributed by atoms with Gasteiger partial charge in [-0.3, -0.25) is 14.8 Å². The topological polar surface area (TPSA) is 77.0 Å². The van der Waals surface area contributed by atoms with E-state index in [-0.39, 0.29) is 0 Å². The van der Waals surface area contributed by atoms with E-state index < -0.39 is 14.8 Å². The third-order valence-electron chi connectivity index (χ3n) is 3.53. The number of aromatic nitrogens is 2. The number of fused-ring (bicyclic) bond motifs is 2. The first-order chi connectivity index (χ1) is 12.7. The summed E-state index contributed by atoms with van der Waals surface area (Å²) in [5, 5.41) is 2.27. The molecule has 5 nitrogen and oxygen atoms in total. The van der Waals surface area contributed by atoms with Gasteiger partial charge in [-0.2, -0.15) is 0 Å². The summed E-state index contributed by atoms with van der Waals surface area (Å²) >= 11 is -1.62. The van der Waals surface area contributed by atoms with Gasteiger partial charge < -0.3 is 0 Å². The second-order valence-corrected chi connectivity index (χ2v) is 5.63. The van der Waals surface area contributed by atoms with Gasteiger partial charge in [-0.25, -0.2) is 0 Å². The van der Waals surface area contributed by atoms with Crippen LogP contribution in [0.1, 0.15) is 15.9 Å². The minimum atomic E-state index is -1.62. The number of pyridine rings is 2. The van der Waals surface area contributed by atoms with Gasteiger partial charge in [0.15, 0.2) is 0 Å². The third kappa shape index (κ3) is 5.55. The van der Waals surface area contributed by atoms with Crippen molar-refractivity contribution >= 4 is 42.9 Å². The van der Waals surface area contributed by atoms with Crippen molar-refractivity contribution in [3.63, 3.8) is 0 Å². The average molecular weight is 411 g/mol. The van der Waals surface area contributed by atoms with Gasteiger partial charge in [-0.15, -0.1) is 0 Å². The number of nitrogens with zero attached hydrogens (tertiary/aromatic N) is 2. The molecule has 0 amide bonds. The van der Waals surface area contributed by atoms with E-state index in [0.717, 1.165) is 22.7 Å². The molecule has 0 saturated heterocycles. The first-order valence-corrected chi connectivity index (χ1v) is 9.11. The monoisotopic (exact) mass is 412 g/mol. The second kappa shape index (κ2) is 10.1. The predicted molar refractivity (Wildman–Crippen MR) is 101 cm³/mol. The van der Waals surface area contributed by atoms with Crippen LogP contribution in [0, 0.1) is 6.92 Å². The van der Waals surface area contributed by atoms with Crippen molar-refractivity contribution in [1.82, 2.24) is 9.97 Å². The van der Waals surface area contributed by atoms with Gasteiger partial charge in [0, 0.05) is 28.7 Å². The summed E-state index contributed by atoms with van der Waals surface area (Å²) in [7, 11) is 0. The SMILES string of the molecule is Cc1ccc2cccnc2c1.O=Cc1ccc2cccnc2c1.O=[Se]=O. The first kappa shape index (κ1) is 19.4. The number of hydrogen-bond donors (Lipinski definition) is 0. The van der Waals surface area contributed by atoms with E-state index in [0.29, 0.717) is 5.56 Å². The fraction of sp³-hybridized carbons (Fsp3) is 0.0500. The van der Waals surface area contributed by atoms with E-state index in [1.54, 1.807) is 18.3 Å². The molecular weight excluding hydrogens is 395 g/mol. The van der Waals surface area contributed by atoms with Crippen LogP contribution in [0.5, 0.6) is 0 Å². The Kier molecular flexibility index (Phi) is 7.55. The Bertz CT molecular complexity index is 1060. The molecule has 0 aliphatic heterocycles. The summed E-state index contributed by atoms with van der Waals surface area (Å²) < 4.78 is 16.9. The molecule has 0 aliphatic rings. The normalized spacial score (nSPS) is 9.42. The Balaban J connectivity index is 0.000000163. The van der Waals surface area contributed by atoms with E-state index in [4.69, 9.17) is 7.67 Å². The zero-order valence-corrected chi connectivity index (χ0v) is 15.7. The number of aldehydes is 1. The van der Waals surface area contributed by atoms with Gasteiger partial charge >= 0.3 is 22.5 Å². The molecule has 0 unspecified atom stereocenters. The van der Waals surface area contributed by atoms with E-state index in [1.807, 2.05) is 30.5 Å². The fourth-order valence-electron chi connectivity index (χ4n) is 2.33. The summed E-state index contributed by atoms with van der Waals surface area (Å²) in [4.78, 5) is 18.8. The van der Waals surface area contributed by atoms with Crippen LogP contribution in [-0.2, 0) is 7.67 Å². The van der Waals surface area contributed by atoms with Gasteiger partial charge in [0.05, 0.1) is 11.0 Å². The van der Waals surface area contributed by atoms with Crippen molar-refractivity contribution in [2.45, 2.75) is 6.92 Å². The third-order valence-corrected chi connectivity index (χ3v) is 3.53. The molecular formula is C20H16N2O3Se. The molecule has 4 aromatic rings. The minimum absolute atomic E-state index is 0.668. The molecule has 0 spiro atoms. The number of carbonyl (C=O) groups excluding carboxylic acids is 1. The van der Waals surface area contributed by atoms with Crippen LogP contribution >= 0.6 is 0 Å². The average Bonchev–Trinajstić information content (AvgIpc) is 2.68. The molecule has 0 fully saturated rings. The molecule has 0 atom stereocenters. The van der Waals surface area contributed by atoms with Gasteiger partial charge in [0.25, 0.3) is 0 Å². The molecule has 2 heterocycles. The van der Waals surface area contributed by atoms with E-state index in [1.165, 1.54) is 10.9 Å². The van der Waals surface area contributed by atoms with Crippen molar-refractivity contribution in [2.24, 2.45) is 0 Å². The standard InChI is InChI=1S/C10H7NO.C10H9N.O2Se/c12-7-8-3-4-9-2-1-5-11-10(9)6-8;1-8-4-5-9-3-2-6-11-10(9)7-8;1-3-2/h1-7H;2-7H,1H3;. The van der Waals surface area contributed by atoms with Crippen molar-refractivity contribution in [3.8, 4) is 0 Å². The molecule has 130 valence electrons. The van der Waals surface area contributed by atoms with Crippen LogP contribution < -0.4 is 0 Å². The van der Waals surface area contributed by atoms with Gasteiger partial charge in [0.1, 0.15) is 6.29 Å². The molecule has 0 N–H and O–H groups in total. The Morgan fingerprint density at radius 3 is 1.92 bits per heavy atom. The maximum atomic E-state index is 10.4. The molecule has 2 aromatic carbocycles. The number of hydrogen-bond acceptors (Lipinski definition) is 5. The first-order valence-electron chi connectivity index (χ1n) is 7.71. The number of rotatable bonds is 1. The zero-order valence-electron chi connectivity index (χ0n) is 14.0. The van der Waals surface area contributed by atoms with Gasteiger partial charge in [-0.1, -0.05) is 36.4 Å². The summed E-state index contributed by atoms with van der Waals surface area (Å²) in [5.74, 6) is 0. The Hall–Kier alpha value is -2.95. The van der Waals surface area contributed by atoms with Crippen molar-refractivity contribution in [1.29, 1.82) is 0 Å². The van der Waals surface area contributed by atoms with E-state index in [9.17, 15) is 4.79 Å². The number of benzene rings is 2. The van der Waals surface area contributed by atoms with Crippen molar-refractivity contribution in [3.05, 3.63) is 84.2 Å². The quantitative estimate of drug-likeness (QED) is 0.350. The number of carbonyl (C=O) groups is 1. The summed E-state index contributed by atoms with van der Waals surface area (Å²) in [5.41, 5.74) is 3.87.